The molecule has 0 bridgehead atoms. The van der Waals surface area contributed by atoms with Gasteiger partial charge in [0.15, 0.2) is 12.1 Å². The molecule has 2 atom stereocenters. The maximum absolute atomic E-state index is 12.4. The summed E-state index contributed by atoms with van der Waals surface area (Å²) in [5, 5.41) is 4.43. The molecule has 2 rings (SSSR count). The predicted octanol–water partition coefficient (Wildman–Crippen LogP) is 1.05. The molecule has 1 aliphatic heterocycles. The van der Waals surface area contributed by atoms with E-state index in [9.17, 15) is 19.2 Å². The van der Waals surface area contributed by atoms with Crippen LogP contribution in [0.2, 0.25) is 0 Å². The Morgan fingerprint density at radius 1 is 1.21 bits per heavy atom. The van der Waals surface area contributed by atoms with E-state index in [2.05, 4.69) is 5.32 Å². The Bertz CT molecular complexity index is 728. The Morgan fingerprint density at radius 3 is 2.46 bits per heavy atom. The topological polar surface area (TPSA) is 120 Å². The van der Waals surface area contributed by atoms with Crippen LogP contribution in [0.15, 0.2) is 30.3 Å². The van der Waals surface area contributed by atoms with Crippen LogP contribution in [0.3, 0.4) is 0 Å². The first-order chi connectivity index (χ1) is 13.1. The van der Waals surface area contributed by atoms with Crippen molar-refractivity contribution >= 4 is 23.9 Å². The summed E-state index contributed by atoms with van der Waals surface area (Å²) in [6, 6.07) is 8.05. The average molecular weight is 392 g/mol. The van der Waals surface area contributed by atoms with E-state index >= 15 is 0 Å². The molecular formula is C19H24N2O7. The Kier molecular flexibility index (Phi) is 7.11. The van der Waals surface area contributed by atoms with Crippen LogP contribution in [0.4, 0.5) is 4.79 Å². The number of amides is 3. The normalized spacial score (nSPS) is 17.6. The molecule has 0 aliphatic carbocycles. The van der Waals surface area contributed by atoms with Crippen molar-refractivity contribution in [1.29, 1.82) is 0 Å². The average Bonchev–Trinajstić information content (AvgIpc) is 2.90. The molecule has 0 radical (unpaired) electrons. The lowest BCUT2D eigenvalue weighted by atomic mass is 10.2. The molecule has 1 heterocycles. The fraction of sp³-hybridized carbons (Fsp3) is 0.474. The predicted molar refractivity (Wildman–Crippen MR) is 96.9 cm³/mol. The number of nitrogens with one attached hydrogen (secondary N) is 2. The van der Waals surface area contributed by atoms with Gasteiger partial charge in [-0.25, -0.2) is 9.59 Å². The van der Waals surface area contributed by atoms with Crippen molar-refractivity contribution in [2.75, 3.05) is 6.61 Å². The second-order valence-corrected chi connectivity index (χ2v) is 7.24. The van der Waals surface area contributed by atoms with E-state index in [1.807, 2.05) is 35.6 Å². The lowest BCUT2D eigenvalue weighted by Crippen LogP contribution is -2.48. The Labute approximate surface area is 162 Å². The second kappa shape index (κ2) is 9.32. The molecule has 1 saturated heterocycles. The van der Waals surface area contributed by atoms with E-state index in [1.165, 1.54) is 0 Å². The highest BCUT2D eigenvalue weighted by Gasteiger charge is 2.36. The van der Waals surface area contributed by atoms with Crippen LogP contribution in [-0.2, 0) is 35.2 Å². The van der Waals surface area contributed by atoms with Gasteiger partial charge in [-0.05, 0) is 26.3 Å². The van der Waals surface area contributed by atoms with Crippen molar-refractivity contribution in [3.8, 4) is 0 Å². The summed E-state index contributed by atoms with van der Waals surface area (Å²) in [5.41, 5.74) is 0.119. The van der Waals surface area contributed by atoms with Crippen LogP contribution in [-0.4, -0.2) is 48.2 Å². The minimum atomic E-state index is -1.22. The molecule has 28 heavy (non-hydrogen) atoms. The molecule has 1 aromatic rings. The smallest absolute Gasteiger partial charge is 0.408 e. The van der Waals surface area contributed by atoms with E-state index in [0.717, 1.165) is 5.56 Å². The van der Waals surface area contributed by atoms with Gasteiger partial charge in [-0.1, -0.05) is 30.3 Å². The summed E-state index contributed by atoms with van der Waals surface area (Å²) in [6.45, 7) is 5.05. The van der Waals surface area contributed by atoms with E-state index < -0.39 is 41.6 Å². The number of alkyl carbamates (subject to hydrolysis) is 1. The van der Waals surface area contributed by atoms with Gasteiger partial charge in [-0.15, -0.1) is 0 Å². The zero-order valence-electron chi connectivity index (χ0n) is 16.0. The molecule has 9 heteroatoms. The molecule has 1 fully saturated rings. The number of hydrogen-bond acceptors (Lipinski definition) is 7. The lowest BCUT2D eigenvalue weighted by molar-refractivity contribution is -0.157. The first kappa shape index (κ1) is 21.4. The molecule has 0 aromatic heterocycles. The van der Waals surface area contributed by atoms with Crippen LogP contribution in [0.5, 0.6) is 0 Å². The van der Waals surface area contributed by atoms with Crippen LogP contribution in [0.25, 0.3) is 0 Å². The molecular weight excluding hydrogens is 368 g/mol. The van der Waals surface area contributed by atoms with Gasteiger partial charge >= 0.3 is 12.1 Å². The summed E-state index contributed by atoms with van der Waals surface area (Å²) in [5.74, 6) is -2.12. The SMILES string of the molecule is CC(C)(C)OC(=O)N[C@@H](COCc1ccccc1)C(=O)O[C@H]1CC(=O)NC1=O. The summed E-state index contributed by atoms with van der Waals surface area (Å²) in [6.07, 6.45) is -2.31. The van der Waals surface area contributed by atoms with Gasteiger partial charge in [0.1, 0.15) is 5.60 Å². The molecule has 2 N–H and O–H groups in total. The van der Waals surface area contributed by atoms with Crippen molar-refractivity contribution in [2.24, 2.45) is 0 Å². The highest BCUT2D eigenvalue weighted by Crippen LogP contribution is 2.10. The summed E-state index contributed by atoms with van der Waals surface area (Å²) >= 11 is 0. The highest BCUT2D eigenvalue weighted by atomic mass is 16.6. The molecule has 0 saturated carbocycles. The van der Waals surface area contributed by atoms with E-state index in [1.54, 1.807) is 20.8 Å². The third-order valence-corrected chi connectivity index (χ3v) is 3.56. The first-order valence-corrected chi connectivity index (χ1v) is 8.79. The number of carbonyl (C=O) groups is 4. The third kappa shape index (κ3) is 6.99. The monoisotopic (exact) mass is 392 g/mol. The van der Waals surface area contributed by atoms with Crippen molar-refractivity contribution < 1.29 is 33.4 Å². The maximum atomic E-state index is 12.4. The molecule has 152 valence electrons. The largest absolute Gasteiger partial charge is 0.450 e. The van der Waals surface area contributed by atoms with Crippen LogP contribution in [0, 0.1) is 0 Å². The number of benzene rings is 1. The Morgan fingerprint density at radius 2 is 1.89 bits per heavy atom. The highest BCUT2D eigenvalue weighted by molar-refractivity contribution is 6.05. The van der Waals surface area contributed by atoms with E-state index in [-0.39, 0.29) is 19.6 Å². The first-order valence-electron chi connectivity index (χ1n) is 8.79. The molecule has 1 aliphatic rings. The van der Waals surface area contributed by atoms with Crippen molar-refractivity contribution in [3.63, 3.8) is 0 Å². The van der Waals surface area contributed by atoms with Gasteiger partial charge in [0, 0.05) is 0 Å². The number of rotatable bonds is 7. The summed E-state index contributed by atoms with van der Waals surface area (Å²) in [4.78, 5) is 47.3. The fourth-order valence-corrected chi connectivity index (χ4v) is 2.33. The van der Waals surface area contributed by atoms with Gasteiger partial charge in [0.05, 0.1) is 19.6 Å². The van der Waals surface area contributed by atoms with Crippen molar-refractivity contribution in [1.82, 2.24) is 10.6 Å². The zero-order chi connectivity index (χ0) is 20.7. The van der Waals surface area contributed by atoms with E-state index in [4.69, 9.17) is 14.2 Å². The third-order valence-electron chi connectivity index (χ3n) is 3.56. The number of hydrogen-bond donors (Lipinski definition) is 2. The van der Waals surface area contributed by atoms with Gasteiger partial charge in [-0.2, -0.15) is 0 Å². The molecule has 3 amide bonds. The summed E-state index contributed by atoms with van der Waals surface area (Å²) < 4.78 is 15.7. The van der Waals surface area contributed by atoms with Crippen molar-refractivity contribution in [2.45, 2.75) is 51.5 Å². The fourth-order valence-electron chi connectivity index (χ4n) is 2.33. The van der Waals surface area contributed by atoms with Crippen LogP contribution < -0.4 is 10.6 Å². The number of ether oxygens (including phenoxy) is 3. The van der Waals surface area contributed by atoms with E-state index in [0.29, 0.717) is 0 Å². The molecule has 0 spiro atoms. The van der Waals surface area contributed by atoms with Gasteiger partial charge in [-0.3, -0.25) is 14.9 Å². The maximum Gasteiger partial charge on any atom is 0.408 e. The number of esters is 1. The quantitative estimate of drug-likeness (QED) is 0.526. The second-order valence-electron chi connectivity index (χ2n) is 7.24. The Balaban J connectivity index is 1.97. The number of carbonyl (C=O) groups excluding carboxylic acids is 4. The number of imide groups is 1. The van der Waals surface area contributed by atoms with Crippen LogP contribution >= 0.6 is 0 Å². The van der Waals surface area contributed by atoms with Gasteiger partial charge in [0.2, 0.25) is 5.91 Å². The van der Waals surface area contributed by atoms with Gasteiger partial charge < -0.3 is 19.5 Å². The molecule has 0 unspecified atom stereocenters. The zero-order valence-corrected chi connectivity index (χ0v) is 16.0. The summed E-state index contributed by atoms with van der Waals surface area (Å²) in [7, 11) is 0. The molecule has 9 nitrogen and oxygen atoms in total. The minimum Gasteiger partial charge on any atom is -0.450 e. The van der Waals surface area contributed by atoms with Crippen LogP contribution in [0.1, 0.15) is 32.8 Å². The lowest BCUT2D eigenvalue weighted by Gasteiger charge is -2.23. The Hall–Kier alpha value is -2.94. The van der Waals surface area contributed by atoms with Crippen molar-refractivity contribution in [3.05, 3.63) is 35.9 Å². The standard InChI is InChI=1S/C19H24N2O7/c1-19(2,3)28-18(25)20-13(11-26-10-12-7-5-4-6-8-12)17(24)27-14-9-15(22)21-16(14)23/h4-8,13-14H,9-11H2,1-3H3,(H,20,25)(H,21,22,23)/t13-,14-/m0/s1. The molecule has 1 aromatic carbocycles. The minimum absolute atomic E-state index is 0.199. The van der Waals surface area contributed by atoms with Gasteiger partial charge in [0.25, 0.3) is 5.91 Å².